The molecule has 0 amide bonds. The second kappa shape index (κ2) is 5.65. The molecule has 5 nitrogen and oxygen atoms in total. The molecule has 1 atom stereocenters. The van der Waals surface area contributed by atoms with Crippen LogP contribution in [-0.4, -0.2) is 27.8 Å². The monoisotopic (exact) mass is 355 g/mol. The van der Waals surface area contributed by atoms with Crippen LogP contribution in [0.5, 0.6) is 0 Å². The fourth-order valence-electron chi connectivity index (χ4n) is 2.51. The van der Waals surface area contributed by atoms with Crippen molar-refractivity contribution in [3.8, 4) is 10.7 Å². The zero-order valence-electron chi connectivity index (χ0n) is 11.0. The van der Waals surface area contributed by atoms with Crippen molar-refractivity contribution in [2.75, 3.05) is 7.11 Å². The van der Waals surface area contributed by atoms with E-state index in [9.17, 15) is 4.79 Å². The van der Waals surface area contributed by atoms with Crippen molar-refractivity contribution in [2.24, 2.45) is 5.92 Å². The van der Waals surface area contributed by atoms with Crippen molar-refractivity contribution >= 4 is 33.2 Å². The van der Waals surface area contributed by atoms with E-state index in [0.29, 0.717) is 0 Å². The first-order valence-electron chi connectivity index (χ1n) is 6.44. The first kappa shape index (κ1) is 13.8. The topological polar surface area (TPSA) is 57.0 Å². The Kier molecular flexibility index (Phi) is 3.89. The fraction of sp³-hybridized carbons (Fsp3) is 0.462. The van der Waals surface area contributed by atoms with Crippen LogP contribution < -0.4 is 0 Å². The summed E-state index contributed by atoms with van der Waals surface area (Å²) in [6.07, 6.45) is 2.31. The highest BCUT2D eigenvalue weighted by Gasteiger charge is 2.26. The molecule has 0 spiro atoms. The Morgan fingerprint density at radius 2 is 2.30 bits per heavy atom. The number of rotatable bonds is 2. The van der Waals surface area contributed by atoms with Gasteiger partial charge in [0.05, 0.1) is 21.7 Å². The third kappa shape index (κ3) is 2.52. The predicted molar refractivity (Wildman–Crippen MR) is 79.5 cm³/mol. The highest BCUT2D eigenvalue weighted by molar-refractivity contribution is 9.11. The summed E-state index contributed by atoms with van der Waals surface area (Å²) in [5.74, 6) is 1.69. The number of nitrogens with zero attached hydrogens (tertiary/aromatic N) is 3. The molecule has 0 bridgehead atoms. The minimum Gasteiger partial charge on any atom is -0.469 e. The summed E-state index contributed by atoms with van der Waals surface area (Å²) in [7, 11) is 1.45. The third-order valence-corrected chi connectivity index (χ3v) is 5.19. The quantitative estimate of drug-likeness (QED) is 0.777. The van der Waals surface area contributed by atoms with E-state index < -0.39 is 0 Å². The normalized spacial score (nSPS) is 18.4. The van der Waals surface area contributed by atoms with Gasteiger partial charge in [0.15, 0.2) is 5.82 Å². The maximum Gasteiger partial charge on any atom is 0.308 e. The molecule has 7 heteroatoms. The molecule has 0 aliphatic carbocycles. The van der Waals surface area contributed by atoms with E-state index >= 15 is 0 Å². The molecular formula is C13H14BrN3O2S. The van der Waals surface area contributed by atoms with Crippen molar-refractivity contribution in [2.45, 2.75) is 25.8 Å². The summed E-state index contributed by atoms with van der Waals surface area (Å²) in [6, 6.07) is 4.05. The highest BCUT2D eigenvalue weighted by atomic mass is 79.9. The Bertz CT molecular complexity index is 637. The summed E-state index contributed by atoms with van der Waals surface area (Å²) in [6.45, 7) is 0.757. The van der Waals surface area contributed by atoms with Gasteiger partial charge in [-0.15, -0.1) is 21.5 Å². The lowest BCUT2D eigenvalue weighted by Crippen LogP contribution is -2.16. The van der Waals surface area contributed by atoms with Crippen molar-refractivity contribution < 1.29 is 9.53 Å². The van der Waals surface area contributed by atoms with Gasteiger partial charge in [-0.1, -0.05) is 0 Å². The van der Waals surface area contributed by atoms with Crippen molar-refractivity contribution in [3.05, 3.63) is 21.7 Å². The largest absolute Gasteiger partial charge is 0.469 e. The number of fused-ring (bicyclic) bond motifs is 1. The van der Waals surface area contributed by atoms with Gasteiger partial charge in [-0.05, 0) is 40.9 Å². The maximum absolute atomic E-state index is 11.7. The summed E-state index contributed by atoms with van der Waals surface area (Å²) in [5.41, 5.74) is 0. The predicted octanol–water partition coefficient (Wildman–Crippen LogP) is 2.89. The van der Waals surface area contributed by atoms with Gasteiger partial charge in [0, 0.05) is 13.0 Å². The van der Waals surface area contributed by atoms with Crippen LogP contribution in [-0.2, 0) is 22.5 Å². The average molecular weight is 356 g/mol. The Balaban J connectivity index is 1.87. The minimum absolute atomic E-state index is 0.0374. The smallest absolute Gasteiger partial charge is 0.308 e. The molecule has 1 aliphatic heterocycles. The SMILES string of the molecule is COC(=O)C1CCc2nnc(-c3ccc(Br)s3)n2CC1. The number of aromatic nitrogens is 3. The molecule has 0 radical (unpaired) electrons. The van der Waals surface area contributed by atoms with E-state index in [0.717, 1.165) is 46.1 Å². The van der Waals surface area contributed by atoms with E-state index in [2.05, 4.69) is 30.7 Å². The van der Waals surface area contributed by atoms with E-state index in [1.807, 2.05) is 12.1 Å². The number of methoxy groups -OCH3 is 1. The molecule has 3 heterocycles. The Labute approximate surface area is 129 Å². The Morgan fingerprint density at radius 1 is 1.45 bits per heavy atom. The average Bonchev–Trinajstić information content (AvgIpc) is 2.99. The van der Waals surface area contributed by atoms with Crippen LogP contribution in [0.2, 0.25) is 0 Å². The molecule has 3 rings (SSSR count). The molecule has 0 saturated heterocycles. The van der Waals surface area contributed by atoms with Crippen LogP contribution in [0.15, 0.2) is 15.9 Å². The molecule has 0 N–H and O–H groups in total. The number of ether oxygens (including phenoxy) is 1. The van der Waals surface area contributed by atoms with Gasteiger partial charge in [-0.3, -0.25) is 4.79 Å². The lowest BCUT2D eigenvalue weighted by Gasteiger charge is -2.10. The number of halogens is 1. The summed E-state index contributed by atoms with van der Waals surface area (Å²) < 4.78 is 8.05. The number of carbonyl (C=O) groups is 1. The number of esters is 1. The van der Waals surface area contributed by atoms with Gasteiger partial charge in [0.25, 0.3) is 0 Å². The van der Waals surface area contributed by atoms with Crippen molar-refractivity contribution in [1.82, 2.24) is 14.8 Å². The molecule has 2 aromatic heterocycles. The lowest BCUT2D eigenvalue weighted by molar-refractivity contribution is -0.145. The maximum atomic E-state index is 11.7. The van der Waals surface area contributed by atoms with Crippen LogP contribution in [0.25, 0.3) is 10.7 Å². The molecule has 2 aromatic rings. The van der Waals surface area contributed by atoms with Crippen molar-refractivity contribution in [1.29, 1.82) is 0 Å². The van der Waals surface area contributed by atoms with Gasteiger partial charge in [-0.2, -0.15) is 0 Å². The molecule has 0 saturated carbocycles. The first-order valence-corrected chi connectivity index (χ1v) is 8.05. The van der Waals surface area contributed by atoms with Crippen LogP contribution >= 0.6 is 27.3 Å². The van der Waals surface area contributed by atoms with E-state index in [1.165, 1.54) is 7.11 Å². The standard InChI is InChI=1S/C13H14BrN3O2S/c1-19-13(18)8-2-5-11-15-16-12(17(11)7-6-8)9-3-4-10(14)20-9/h3-4,8H,2,5-7H2,1H3. The molecule has 1 aliphatic rings. The highest BCUT2D eigenvalue weighted by Crippen LogP contribution is 2.32. The summed E-state index contributed by atoms with van der Waals surface area (Å²) in [4.78, 5) is 12.8. The number of aryl methyl sites for hydroxylation is 1. The second-order valence-corrected chi connectivity index (χ2v) is 7.21. The van der Waals surface area contributed by atoms with Crippen LogP contribution in [0, 0.1) is 5.92 Å². The van der Waals surface area contributed by atoms with Crippen LogP contribution in [0.1, 0.15) is 18.7 Å². The molecular weight excluding hydrogens is 342 g/mol. The van der Waals surface area contributed by atoms with E-state index in [-0.39, 0.29) is 11.9 Å². The van der Waals surface area contributed by atoms with Crippen LogP contribution in [0.4, 0.5) is 0 Å². The van der Waals surface area contributed by atoms with Gasteiger partial charge in [0.1, 0.15) is 5.82 Å². The Hall–Kier alpha value is -1.21. The molecule has 106 valence electrons. The fourth-order valence-corrected chi connectivity index (χ4v) is 3.89. The third-order valence-electron chi connectivity index (χ3n) is 3.57. The van der Waals surface area contributed by atoms with Gasteiger partial charge in [-0.25, -0.2) is 0 Å². The Morgan fingerprint density at radius 3 is 3.00 bits per heavy atom. The summed E-state index contributed by atoms with van der Waals surface area (Å²) in [5, 5.41) is 8.57. The second-order valence-electron chi connectivity index (χ2n) is 4.74. The number of thiophene rings is 1. The first-order chi connectivity index (χ1) is 9.69. The number of hydrogen-bond acceptors (Lipinski definition) is 5. The van der Waals surface area contributed by atoms with Crippen LogP contribution in [0.3, 0.4) is 0 Å². The number of hydrogen-bond donors (Lipinski definition) is 0. The summed E-state index contributed by atoms with van der Waals surface area (Å²) >= 11 is 5.11. The molecule has 20 heavy (non-hydrogen) atoms. The molecule has 0 aromatic carbocycles. The van der Waals surface area contributed by atoms with Gasteiger partial charge in [0.2, 0.25) is 0 Å². The minimum atomic E-state index is -0.121. The lowest BCUT2D eigenvalue weighted by atomic mass is 10.0. The zero-order chi connectivity index (χ0) is 14.1. The zero-order valence-corrected chi connectivity index (χ0v) is 13.4. The molecule has 1 unspecified atom stereocenters. The van der Waals surface area contributed by atoms with E-state index in [4.69, 9.17) is 4.74 Å². The van der Waals surface area contributed by atoms with Crippen molar-refractivity contribution in [3.63, 3.8) is 0 Å². The van der Waals surface area contributed by atoms with E-state index in [1.54, 1.807) is 11.3 Å². The van der Waals surface area contributed by atoms with Gasteiger partial charge < -0.3 is 9.30 Å². The van der Waals surface area contributed by atoms with Gasteiger partial charge >= 0.3 is 5.97 Å². The number of carbonyl (C=O) groups excluding carboxylic acids is 1. The molecule has 0 fully saturated rings.